The summed E-state index contributed by atoms with van der Waals surface area (Å²) in [6, 6.07) is 56.4. The smallest absolute Gasteiger partial charge is 0.271 e. The maximum Gasteiger partial charge on any atom is 0.271 e. The first-order chi connectivity index (χ1) is 33.7. The number of nitro groups is 1. The molecule has 3 unspecified atom stereocenters. The third-order valence-electron chi connectivity index (χ3n) is 12.8. The molecule has 70 heavy (non-hydrogen) atoms. The zero-order valence-electron chi connectivity index (χ0n) is 40.8. The van der Waals surface area contributed by atoms with Crippen molar-refractivity contribution in [1.82, 2.24) is 29.7 Å². The number of benzene rings is 7. The van der Waals surface area contributed by atoms with E-state index in [0.29, 0.717) is 0 Å². The summed E-state index contributed by atoms with van der Waals surface area (Å²) in [5.41, 5.74) is 14.2. The summed E-state index contributed by atoms with van der Waals surface area (Å²) >= 11 is 0. The van der Waals surface area contributed by atoms with Crippen LogP contribution in [0.15, 0.2) is 176 Å². The first-order valence-corrected chi connectivity index (χ1v) is 23.3. The van der Waals surface area contributed by atoms with Crippen LogP contribution in [-0.4, -0.2) is 76.9 Å². The lowest BCUT2D eigenvalue weighted by molar-refractivity contribution is -0.384. The lowest BCUT2D eigenvalue weighted by Gasteiger charge is -2.26. The number of nitrogens with zero attached hydrogens (tertiary/aromatic N) is 4. The number of fused-ring (bicyclic) bond motifs is 3. The molecule has 0 fully saturated rings. The summed E-state index contributed by atoms with van der Waals surface area (Å²) in [6.45, 7) is 4.06. The highest BCUT2D eigenvalue weighted by molar-refractivity contribution is 5.92. The minimum Gasteiger partial charge on any atom is -0.358 e. The van der Waals surface area contributed by atoms with Gasteiger partial charge in [0.05, 0.1) is 34.3 Å². The van der Waals surface area contributed by atoms with E-state index in [1.807, 2.05) is 88.6 Å². The third-order valence-corrected chi connectivity index (χ3v) is 12.8. The molecular formula is C59H59F2N7O2. The van der Waals surface area contributed by atoms with E-state index >= 15 is 0 Å². The molecule has 3 aromatic heterocycles. The standard InChI is InChI=1S/C23H21FN2.C18H19FN2.C18H19N3O2/c1-26(2)23(17-8-4-3-5-9-17)21-19-10-6-7-11-20(19)25-22(21)16-12-14-18(24)15-13-16;1-12-17(15-10-9-14(19)11-16(15)20-12)18(21(2)3)13-7-5-4-6-8-13;1-12-17(18(20(2)3)13-7-5-4-6-8-13)15-10-9-14(21(22)23)11-16(15)19-12/h3-15,23,25H,1-2H3;4-11,18,20H,1-3H3;4-11,18-19H,1-3H3. The lowest BCUT2D eigenvalue weighted by atomic mass is 9.93. The molecule has 3 heterocycles. The maximum absolute atomic E-state index is 13.4. The van der Waals surface area contributed by atoms with Gasteiger partial charge in [0.25, 0.3) is 5.69 Å². The molecule has 11 heteroatoms. The summed E-state index contributed by atoms with van der Waals surface area (Å²) in [6.07, 6.45) is 0. The molecule has 0 spiro atoms. The Balaban J connectivity index is 0.000000142. The van der Waals surface area contributed by atoms with Crippen molar-refractivity contribution in [2.45, 2.75) is 32.0 Å². The van der Waals surface area contributed by atoms with E-state index in [4.69, 9.17) is 0 Å². The largest absolute Gasteiger partial charge is 0.358 e. The van der Waals surface area contributed by atoms with Crippen molar-refractivity contribution in [2.75, 3.05) is 42.3 Å². The molecule has 7 aromatic carbocycles. The summed E-state index contributed by atoms with van der Waals surface area (Å²) in [5, 5.41) is 14.3. The molecule has 3 N–H and O–H groups in total. The number of rotatable bonds is 11. The fraction of sp³-hybridized carbons (Fsp3) is 0.186. The number of non-ortho nitro benzene ring substituents is 1. The molecule has 10 aromatic rings. The topological polar surface area (TPSA) is 100 Å². The molecule has 0 aliphatic heterocycles. The van der Waals surface area contributed by atoms with Crippen LogP contribution in [0.4, 0.5) is 14.5 Å². The number of hydrogen-bond donors (Lipinski definition) is 3. The second-order valence-corrected chi connectivity index (χ2v) is 18.3. The van der Waals surface area contributed by atoms with Crippen LogP contribution in [-0.2, 0) is 0 Å². The lowest BCUT2D eigenvalue weighted by Crippen LogP contribution is -2.21. The van der Waals surface area contributed by atoms with E-state index in [-0.39, 0.29) is 40.4 Å². The number of aryl methyl sites for hydroxylation is 2. The van der Waals surface area contributed by atoms with Gasteiger partial charge in [0.2, 0.25) is 0 Å². The number of hydrogen-bond acceptors (Lipinski definition) is 5. The van der Waals surface area contributed by atoms with Crippen molar-refractivity contribution in [3.05, 3.63) is 242 Å². The van der Waals surface area contributed by atoms with E-state index in [0.717, 1.165) is 55.5 Å². The zero-order valence-corrected chi connectivity index (χ0v) is 40.8. The second kappa shape index (κ2) is 21.3. The molecule has 356 valence electrons. The van der Waals surface area contributed by atoms with Crippen molar-refractivity contribution in [3.8, 4) is 11.3 Å². The molecule has 10 rings (SSSR count). The van der Waals surface area contributed by atoms with E-state index in [9.17, 15) is 18.9 Å². The summed E-state index contributed by atoms with van der Waals surface area (Å²) in [7, 11) is 12.4. The molecular weight excluding hydrogens is 877 g/mol. The van der Waals surface area contributed by atoms with E-state index in [2.05, 4.69) is 137 Å². The first kappa shape index (κ1) is 48.7. The fourth-order valence-corrected chi connectivity index (χ4v) is 9.85. The molecule has 0 saturated heterocycles. The fourth-order valence-electron chi connectivity index (χ4n) is 9.85. The molecule has 0 bridgehead atoms. The van der Waals surface area contributed by atoms with Crippen molar-refractivity contribution in [1.29, 1.82) is 0 Å². The van der Waals surface area contributed by atoms with Gasteiger partial charge in [-0.3, -0.25) is 24.8 Å². The highest BCUT2D eigenvalue weighted by Gasteiger charge is 2.27. The number of aromatic amines is 3. The summed E-state index contributed by atoms with van der Waals surface area (Å²) in [4.78, 5) is 27.3. The Hall–Kier alpha value is -7.70. The normalized spacial score (nSPS) is 12.8. The molecule has 0 aliphatic carbocycles. The van der Waals surface area contributed by atoms with Gasteiger partial charge in [-0.1, -0.05) is 109 Å². The van der Waals surface area contributed by atoms with Crippen LogP contribution in [0, 0.1) is 35.6 Å². The number of halogens is 2. The number of nitrogens with one attached hydrogen (secondary N) is 3. The van der Waals surface area contributed by atoms with Crippen LogP contribution in [0.3, 0.4) is 0 Å². The average Bonchev–Trinajstić information content (AvgIpc) is 3.99. The Morgan fingerprint density at radius 3 is 1.31 bits per heavy atom. The summed E-state index contributed by atoms with van der Waals surface area (Å²) in [5.74, 6) is -0.435. The SMILES string of the molecule is CN(C)C(c1ccccc1)c1c(-c2ccc(F)cc2)[nH]c2ccccc12.Cc1[nH]c2cc(F)ccc2c1C(c1ccccc1)N(C)C.Cc1[nH]c2cc([N+](=O)[O-])ccc2c1C(c1ccccc1)N(C)C. The van der Waals surface area contributed by atoms with Crippen LogP contribution in [0.25, 0.3) is 44.0 Å². The molecule has 0 aliphatic rings. The Labute approximate surface area is 408 Å². The molecule has 0 radical (unpaired) electrons. The van der Waals surface area contributed by atoms with Gasteiger partial charge in [0.15, 0.2) is 0 Å². The van der Waals surface area contributed by atoms with Gasteiger partial charge < -0.3 is 15.0 Å². The van der Waals surface area contributed by atoms with Crippen molar-refractivity contribution >= 4 is 38.4 Å². The predicted octanol–water partition coefficient (Wildman–Crippen LogP) is 13.9. The number of aromatic nitrogens is 3. The minimum absolute atomic E-state index is 0.0893. The van der Waals surface area contributed by atoms with Gasteiger partial charge in [-0.2, -0.15) is 0 Å². The highest BCUT2D eigenvalue weighted by Crippen LogP contribution is 2.41. The first-order valence-electron chi connectivity index (χ1n) is 23.3. The van der Waals surface area contributed by atoms with E-state index in [1.165, 1.54) is 51.4 Å². The average molecular weight is 936 g/mol. The second-order valence-electron chi connectivity index (χ2n) is 18.3. The zero-order chi connectivity index (χ0) is 49.6. The van der Waals surface area contributed by atoms with Crippen molar-refractivity contribution in [2.24, 2.45) is 0 Å². The number of para-hydroxylation sites is 1. The van der Waals surface area contributed by atoms with Gasteiger partial charge in [0.1, 0.15) is 11.6 Å². The van der Waals surface area contributed by atoms with Crippen molar-refractivity contribution in [3.63, 3.8) is 0 Å². The quantitative estimate of drug-likeness (QED) is 0.0886. The van der Waals surface area contributed by atoms with Crippen LogP contribution < -0.4 is 0 Å². The van der Waals surface area contributed by atoms with Gasteiger partial charge in [-0.05, 0) is 133 Å². The van der Waals surface area contributed by atoms with Gasteiger partial charge in [0, 0.05) is 67.4 Å². The van der Waals surface area contributed by atoms with Gasteiger partial charge >= 0.3 is 0 Å². The van der Waals surface area contributed by atoms with Gasteiger partial charge in [-0.25, -0.2) is 8.78 Å². The van der Waals surface area contributed by atoms with Crippen LogP contribution in [0.1, 0.15) is 62.9 Å². The Morgan fingerprint density at radius 1 is 0.443 bits per heavy atom. The minimum atomic E-state index is -0.365. The Bertz CT molecular complexity index is 3340. The van der Waals surface area contributed by atoms with Crippen LogP contribution in [0.5, 0.6) is 0 Å². The highest BCUT2D eigenvalue weighted by atomic mass is 19.1. The summed E-state index contributed by atoms with van der Waals surface area (Å²) < 4.78 is 26.9. The number of nitro benzene ring substituents is 1. The molecule has 0 amide bonds. The van der Waals surface area contributed by atoms with E-state index in [1.54, 1.807) is 18.2 Å². The maximum atomic E-state index is 13.4. The predicted molar refractivity (Wildman–Crippen MR) is 282 cm³/mol. The van der Waals surface area contributed by atoms with Crippen molar-refractivity contribution < 1.29 is 13.7 Å². The molecule has 0 saturated carbocycles. The third kappa shape index (κ3) is 10.3. The van der Waals surface area contributed by atoms with Crippen LogP contribution >= 0.6 is 0 Å². The van der Waals surface area contributed by atoms with Gasteiger partial charge in [-0.15, -0.1) is 0 Å². The van der Waals surface area contributed by atoms with Crippen LogP contribution in [0.2, 0.25) is 0 Å². The Kier molecular flexibility index (Phi) is 14.8. The molecule has 9 nitrogen and oxygen atoms in total. The Morgan fingerprint density at radius 2 is 0.843 bits per heavy atom. The number of H-pyrrole nitrogens is 3. The van der Waals surface area contributed by atoms with E-state index < -0.39 is 0 Å². The molecule has 3 atom stereocenters. The monoisotopic (exact) mass is 935 g/mol.